The van der Waals surface area contributed by atoms with Crippen LogP contribution in [0.2, 0.25) is 0 Å². The van der Waals surface area contributed by atoms with E-state index in [1.54, 1.807) is 6.92 Å². The Labute approximate surface area is 78.8 Å². The SMILES string of the molecule is C[C@H](C=O)CCC=O.[H-].[Na+]. The molecule has 0 amide bonds. The topological polar surface area (TPSA) is 34.1 Å². The van der Waals surface area contributed by atoms with Gasteiger partial charge in [-0.05, 0) is 6.42 Å². The Bertz CT molecular complexity index is 87.8. The Balaban J connectivity index is -0.000000245. The van der Waals surface area contributed by atoms with E-state index in [1.165, 1.54) is 0 Å². The van der Waals surface area contributed by atoms with Crippen molar-refractivity contribution in [3.05, 3.63) is 0 Å². The number of aldehydes is 2. The van der Waals surface area contributed by atoms with Crippen molar-refractivity contribution in [1.29, 1.82) is 0 Å². The van der Waals surface area contributed by atoms with Gasteiger partial charge in [0, 0.05) is 12.3 Å². The van der Waals surface area contributed by atoms with E-state index in [0.717, 1.165) is 12.6 Å². The summed E-state index contributed by atoms with van der Waals surface area (Å²) in [4.78, 5) is 19.6. The van der Waals surface area contributed by atoms with Crippen molar-refractivity contribution in [2.45, 2.75) is 19.8 Å². The normalized spacial score (nSPS) is 11.2. The van der Waals surface area contributed by atoms with Crippen LogP contribution in [0.5, 0.6) is 0 Å². The Morgan fingerprint density at radius 1 is 1.56 bits per heavy atom. The second kappa shape index (κ2) is 8.34. The van der Waals surface area contributed by atoms with Crippen LogP contribution < -0.4 is 29.6 Å². The van der Waals surface area contributed by atoms with Crippen molar-refractivity contribution in [3.63, 3.8) is 0 Å². The van der Waals surface area contributed by atoms with Crippen LogP contribution in [0.25, 0.3) is 0 Å². The minimum absolute atomic E-state index is 0. The maximum atomic E-state index is 9.89. The van der Waals surface area contributed by atoms with Crippen molar-refractivity contribution in [2.24, 2.45) is 5.92 Å². The van der Waals surface area contributed by atoms with Crippen molar-refractivity contribution >= 4 is 12.6 Å². The summed E-state index contributed by atoms with van der Waals surface area (Å²) >= 11 is 0. The van der Waals surface area contributed by atoms with E-state index in [9.17, 15) is 9.59 Å². The Hall–Kier alpha value is 0.340. The van der Waals surface area contributed by atoms with Gasteiger partial charge in [0.05, 0.1) is 0 Å². The maximum absolute atomic E-state index is 9.89. The number of carbonyl (C=O) groups is 2. The van der Waals surface area contributed by atoms with Gasteiger partial charge < -0.3 is 11.0 Å². The van der Waals surface area contributed by atoms with E-state index in [4.69, 9.17) is 0 Å². The Morgan fingerprint density at radius 3 is 2.44 bits per heavy atom. The maximum Gasteiger partial charge on any atom is 1.00 e. The molecule has 0 radical (unpaired) electrons. The molecule has 0 aromatic heterocycles. The summed E-state index contributed by atoms with van der Waals surface area (Å²) in [5, 5.41) is 0. The van der Waals surface area contributed by atoms with E-state index < -0.39 is 0 Å². The summed E-state index contributed by atoms with van der Waals surface area (Å²) in [5.41, 5.74) is 0. The van der Waals surface area contributed by atoms with Crippen LogP contribution >= 0.6 is 0 Å². The quantitative estimate of drug-likeness (QED) is 0.330. The van der Waals surface area contributed by atoms with Gasteiger partial charge in [-0.1, -0.05) is 6.92 Å². The van der Waals surface area contributed by atoms with Crippen LogP contribution in [0.1, 0.15) is 21.2 Å². The second-order valence-corrected chi connectivity index (χ2v) is 1.86. The first-order valence-electron chi connectivity index (χ1n) is 2.70. The predicted octanol–water partition coefficient (Wildman–Crippen LogP) is -2.08. The van der Waals surface area contributed by atoms with Gasteiger partial charge in [0.15, 0.2) is 0 Å². The second-order valence-electron chi connectivity index (χ2n) is 1.86. The van der Waals surface area contributed by atoms with Gasteiger partial charge in [0.2, 0.25) is 0 Å². The molecule has 48 valence electrons. The molecule has 0 unspecified atom stereocenters. The summed E-state index contributed by atoms with van der Waals surface area (Å²) in [7, 11) is 0. The molecule has 0 N–H and O–H groups in total. The van der Waals surface area contributed by atoms with Crippen molar-refractivity contribution in [3.8, 4) is 0 Å². The van der Waals surface area contributed by atoms with Gasteiger partial charge in [-0.2, -0.15) is 0 Å². The molecule has 0 aliphatic heterocycles. The number of hydrogen-bond donors (Lipinski definition) is 0. The number of rotatable bonds is 4. The molecule has 0 aliphatic carbocycles. The third-order valence-corrected chi connectivity index (χ3v) is 0.972. The average Bonchev–Trinajstić information content (AvgIpc) is 1.83. The minimum atomic E-state index is 0. The molecule has 0 aromatic carbocycles. The summed E-state index contributed by atoms with van der Waals surface area (Å²) in [5.74, 6) is 0.0419. The van der Waals surface area contributed by atoms with Gasteiger partial charge in [-0.25, -0.2) is 0 Å². The van der Waals surface area contributed by atoms with Crippen LogP contribution in [0.4, 0.5) is 0 Å². The van der Waals surface area contributed by atoms with Gasteiger partial charge >= 0.3 is 29.6 Å². The van der Waals surface area contributed by atoms with E-state index >= 15 is 0 Å². The van der Waals surface area contributed by atoms with E-state index in [2.05, 4.69) is 0 Å². The Morgan fingerprint density at radius 2 is 2.11 bits per heavy atom. The van der Waals surface area contributed by atoms with E-state index in [0.29, 0.717) is 12.8 Å². The fraction of sp³-hybridized carbons (Fsp3) is 0.667. The molecule has 0 aromatic rings. The molecule has 0 bridgehead atoms. The third kappa shape index (κ3) is 8.34. The average molecular weight is 138 g/mol. The van der Waals surface area contributed by atoms with Gasteiger partial charge in [0.25, 0.3) is 0 Å². The summed E-state index contributed by atoms with van der Waals surface area (Å²) < 4.78 is 0. The molecule has 0 spiro atoms. The molecular weight excluding hydrogens is 127 g/mol. The third-order valence-electron chi connectivity index (χ3n) is 0.972. The van der Waals surface area contributed by atoms with Crippen LogP contribution in [-0.2, 0) is 9.59 Å². The minimum Gasteiger partial charge on any atom is -1.00 e. The van der Waals surface area contributed by atoms with Crippen molar-refractivity contribution < 1.29 is 40.6 Å². The van der Waals surface area contributed by atoms with Gasteiger partial charge in [-0.15, -0.1) is 0 Å². The fourth-order valence-corrected chi connectivity index (χ4v) is 0.399. The first-order chi connectivity index (χ1) is 3.81. The summed E-state index contributed by atoms with van der Waals surface area (Å²) in [6.07, 6.45) is 2.89. The van der Waals surface area contributed by atoms with E-state index in [1.807, 2.05) is 0 Å². The van der Waals surface area contributed by atoms with Gasteiger partial charge in [-0.3, -0.25) is 0 Å². The zero-order valence-electron chi connectivity index (χ0n) is 6.96. The molecule has 0 saturated carbocycles. The molecule has 0 heterocycles. The summed E-state index contributed by atoms with van der Waals surface area (Å²) in [6, 6.07) is 0. The molecule has 1 atom stereocenters. The summed E-state index contributed by atoms with van der Waals surface area (Å²) in [6.45, 7) is 1.80. The largest absolute Gasteiger partial charge is 1.00 e. The first kappa shape index (κ1) is 12.1. The molecule has 0 rings (SSSR count). The standard InChI is InChI=1S/C6H10O2.Na.H/c1-6(5-8)3-2-4-7;;/h4-6H,2-3H2,1H3;;/q;+1;-1/t6-;;/m0../s1. The van der Waals surface area contributed by atoms with E-state index in [-0.39, 0.29) is 36.9 Å². The first-order valence-corrected chi connectivity index (χ1v) is 2.70. The predicted molar refractivity (Wildman–Crippen MR) is 31.6 cm³/mol. The molecule has 2 nitrogen and oxygen atoms in total. The number of hydrogen-bond acceptors (Lipinski definition) is 2. The smallest absolute Gasteiger partial charge is 1.00 e. The van der Waals surface area contributed by atoms with Crippen LogP contribution in [-0.4, -0.2) is 12.6 Å². The van der Waals surface area contributed by atoms with Crippen LogP contribution in [0.15, 0.2) is 0 Å². The van der Waals surface area contributed by atoms with Gasteiger partial charge in [0.1, 0.15) is 12.6 Å². The molecule has 0 fully saturated rings. The number of carbonyl (C=O) groups excluding carboxylic acids is 2. The van der Waals surface area contributed by atoms with Crippen LogP contribution in [0.3, 0.4) is 0 Å². The Kier molecular flexibility index (Phi) is 11.2. The molecule has 3 heteroatoms. The zero-order chi connectivity index (χ0) is 6.41. The molecular formula is C6H11NaO2. The molecule has 9 heavy (non-hydrogen) atoms. The van der Waals surface area contributed by atoms with Crippen molar-refractivity contribution in [2.75, 3.05) is 0 Å². The molecule has 0 aliphatic rings. The van der Waals surface area contributed by atoms with Crippen LogP contribution in [0, 0.1) is 5.92 Å². The fourth-order valence-electron chi connectivity index (χ4n) is 0.399. The molecule has 0 saturated heterocycles. The monoisotopic (exact) mass is 138 g/mol. The zero-order valence-corrected chi connectivity index (χ0v) is 7.96. The van der Waals surface area contributed by atoms with Crippen molar-refractivity contribution in [1.82, 2.24) is 0 Å².